The van der Waals surface area contributed by atoms with Gasteiger partial charge in [-0.3, -0.25) is 0 Å². The summed E-state index contributed by atoms with van der Waals surface area (Å²) in [6.45, 7) is 1.73. The van der Waals surface area contributed by atoms with E-state index >= 15 is 0 Å². The Morgan fingerprint density at radius 3 is 2.81 bits per heavy atom. The lowest BCUT2D eigenvalue weighted by Gasteiger charge is -2.29. The largest absolute Gasteiger partial charge is 0.504 e. The van der Waals surface area contributed by atoms with Crippen LogP contribution in [-0.4, -0.2) is 47.3 Å². The van der Waals surface area contributed by atoms with Crippen LogP contribution >= 0.6 is 0 Å². The van der Waals surface area contributed by atoms with Crippen molar-refractivity contribution in [1.82, 2.24) is 15.5 Å². The van der Waals surface area contributed by atoms with Crippen LogP contribution in [0.3, 0.4) is 0 Å². The number of alkyl halides is 3. The first-order valence-corrected chi connectivity index (χ1v) is 7.94. The molecular weight excluding hydrogens is 355 g/mol. The molecule has 2 N–H and O–H groups in total. The molecule has 2 aromatic rings. The lowest BCUT2D eigenvalue weighted by Crippen LogP contribution is -2.48. The second kappa shape index (κ2) is 6.76. The molecule has 1 fully saturated rings. The van der Waals surface area contributed by atoms with Gasteiger partial charge in [-0.15, -0.1) is 0 Å². The van der Waals surface area contributed by atoms with Crippen molar-refractivity contribution >= 4 is 0 Å². The van der Waals surface area contributed by atoms with Crippen molar-refractivity contribution in [2.75, 3.05) is 20.3 Å². The first-order chi connectivity index (χ1) is 12.3. The van der Waals surface area contributed by atoms with Crippen LogP contribution in [0.1, 0.15) is 25.3 Å². The molecule has 0 spiro atoms. The highest BCUT2D eigenvalue weighted by Gasteiger charge is 2.60. The molecule has 1 aliphatic rings. The molecule has 1 aliphatic heterocycles. The van der Waals surface area contributed by atoms with E-state index in [0.29, 0.717) is 12.2 Å². The summed E-state index contributed by atoms with van der Waals surface area (Å²) in [5.41, 5.74) is -1.78. The van der Waals surface area contributed by atoms with Crippen LogP contribution in [-0.2, 0) is 4.74 Å². The third kappa shape index (κ3) is 3.21. The van der Waals surface area contributed by atoms with Gasteiger partial charge in [0.2, 0.25) is 11.7 Å². The fraction of sp³-hybridized carbons (Fsp3) is 0.500. The van der Waals surface area contributed by atoms with E-state index in [0.717, 1.165) is 7.11 Å². The maximum Gasteiger partial charge on any atom is 0.418 e. The van der Waals surface area contributed by atoms with Gasteiger partial charge in [0.1, 0.15) is 0 Å². The number of nitrogens with zero attached hydrogens (tertiary/aromatic N) is 2. The SMILES string of the molecule is CCOc1cc(-c2noc([C@@H]3C[C@@](OC)(C(F)(F)F)CN3)n2)ccc1O. The fourth-order valence-corrected chi connectivity index (χ4v) is 2.84. The average molecular weight is 373 g/mol. The van der Waals surface area contributed by atoms with Gasteiger partial charge in [-0.1, -0.05) is 5.16 Å². The van der Waals surface area contributed by atoms with E-state index in [4.69, 9.17) is 14.0 Å². The van der Waals surface area contributed by atoms with E-state index in [-0.39, 0.29) is 29.6 Å². The molecule has 26 heavy (non-hydrogen) atoms. The number of halogens is 3. The van der Waals surface area contributed by atoms with Crippen molar-refractivity contribution in [2.24, 2.45) is 0 Å². The quantitative estimate of drug-likeness (QED) is 0.833. The van der Waals surface area contributed by atoms with Crippen LogP contribution in [0.4, 0.5) is 13.2 Å². The van der Waals surface area contributed by atoms with Crippen molar-refractivity contribution in [3.63, 3.8) is 0 Å². The molecule has 0 radical (unpaired) electrons. The Hall–Kier alpha value is -2.33. The van der Waals surface area contributed by atoms with Gasteiger partial charge in [0.05, 0.1) is 12.6 Å². The summed E-state index contributed by atoms with van der Waals surface area (Å²) in [7, 11) is 1.03. The molecule has 2 heterocycles. The van der Waals surface area contributed by atoms with Gasteiger partial charge in [-0.05, 0) is 25.1 Å². The third-order valence-electron chi connectivity index (χ3n) is 4.33. The molecule has 0 amide bonds. The lowest BCUT2D eigenvalue weighted by atomic mass is 9.99. The Labute approximate surface area is 147 Å². The zero-order valence-electron chi connectivity index (χ0n) is 14.1. The van der Waals surface area contributed by atoms with E-state index in [1.165, 1.54) is 12.1 Å². The van der Waals surface area contributed by atoms with Crippen molar-refractivity contribution in [1.29, 1.82) is 0 Å². The fourth-order valence-electron chi connectivity index (χ4n) is 2.84. The van der Waals surface area contributed by atoms with Gasteiger partial charge in [-0.25, -0.2) is 0 Å². The number of rotatable bonds is 5. The third-order valence-corrected chi connectivity index (χ3v) is 4.33. The van der Waals surface area contributed by atoms with E-state index < -0.39 is 24.4 Å². The van der Waals surface area contributed by atoms with Gasteiger partial charge < -0.3 is 24.4 Å². The number of hydrogen-bond acceptors (Lipinski definition) is 7. The molecule has 1 aromatic carbocycles. The van der Waals surface area contributed by atoms with Crippen LogP contribution in [0.2, 0.25) is 0 Å². The minimum absolute atomic E-state index is 0.0353. The topological polar surface area (TPSA) is 89.6 Å². The zero-order valence-corrected chi connectivity index (χ0v) is 14.1. The molecule has 1 aromatic heterocycles. The van der Waals surface area contributed by atoms with Gasteiger partial charge in [-0.2, -0.15) is 18.2 Å². The summed E-state index contributed by atoms with van der Waals surface area (Å²) < 4.78 is 55.0. The number of nitrogens with one attached hydrogen (secondary N) is 1. The molecule has 2 atom stereocenters. The van der Waals surface area contributed by atoms with E-state index in [2.05, 4.69) is 15.5 Å². The number of phenolic OH excluding ortho intramolecular Hbond substituents is 1. The molecule has 10 heteroatoms. The molecule has 0 bridgehead atoms. The highest BCUT2D eigenvalue weighted by molar-refractivity contribution is 5.60. The average Bonchev–Trinajstić information content (AvgIpc) is 3.23. The maximum absolute atomic E-state index is 13.3. The second-order valence-electron chi connectivity index (χ2n) is 5.91. The van der Waals surface area contributed by atoms with Gasteiger partial charge in [0.25, 0.3) is 0 Å². The standard InChI is InChI=1S/C16H18F3N3O4/c1-3-25-12-6-9(4-5-11(12)23)13-21-14(26-22-13)10-7-15(24-2,8-20-10)16(17,18)19/h4-6,10,20,23H,3,7-8H2,1-2H3/t10-,15-/m0/s1. The summed E-state index contributed by atoms with van der Waals surface area (Å²) in [6.07, 6.45) is -4.88. The Morgan fingerprint density at radius 2 is 2.19 bits per heavy atom. The summed E-state index contributed by atoms with van der Waals surface area (Å²) in [5.74, 6) is 0.441. The first kappa shape index (κ1) is 18.5. The Kier molecular flexibility index (Phi) is 4.80. The summed E-state index contributed by atoms with van der Waals surface area (Å²) in [4.78, 5) is 4.17. The lowest BCUT2D eigenvalue weighted by molar-refractivity contribution is -0.262. The highest BCUT2D eigenvalue weighted by atomic mass is 19.4. The van der Waals surface area contributed by atoms with Crippen molar-refractivity contribution < 1.29 is 32.3 Å². The first-order valence-electron chi connectivity index (χ1n) is 7.94. The van der Waals surface area contributed by atoms with Crippen LogP contribution in [0.25, 0.3) is 11.4 Å². The zero-order chi connectivity index (χ0) is 18.9. The van der Waals surface area contributed by atoms with Crippen molar-refractivity contribution in [3.05, 3.63) is 24.1 Å². The molecule has 142 valence electrons. The van der Waals surface area contributed by atoms with Gasteiger partial charge >= 0.3 is 6.18 Å². The number of phenols is 1. The van der Waals surface area contributed by atoms with E-state index in [1.54, 1.807) is 13.0 Å². The molecule has 0 aliphatic carbocycles. The van der Waals surface area contributed by atoms with Crippen LogP contribution < -0.4 is 10.1 Å². The number of aromatic nitrogens is 2. The highest BCUT2D eigenvalue weighted by Crippen LogP contribution is 2.43. The monoisotopic (exact) mass is 373 g/mol. The molecule has 7 nitrogen and oxygen atoms in total. The van der Waals surface area contributed by atoms with Crippen molar-refractivity contribution in [2.45, 2.75) is 31.2 Å². The number of hydrogen-bond donors (Lipinski definition) is 2. The predicted molar refractivity (Wildman–Crippen MR) is 83.7 cm³/mol. The number of aromatic hydroxyl groups is 1. The van der Waals surface area contributed by atoms with E-state index in [9.17, 15) is 18.3 Å². The molecule has 0 saturated carbocycles. The predicted octanol–water partition coefficient (Wildman–Crippen LogP) is 2.82. The summed E-state index contributed by atoms with van der Waals surface area (Å²) in [6, 6.07) is 3.74. The van der Waals surface area contributed by atoms with Crippen molar-refractivity contribution in [3.8, 4) is 22.9 Å². The summed E-state index contributed by atoms with van der Waals surface area (Å²) in [5, 5.41) is 16.3. The normalized spacial score (nSPS) is 23.3. The van der Waals surface area contributed by atoms with Gasteiger partial charge in [0.15, 0.2) is 17.1 Å². The number of ether oxygens (including phenoxy) is 2. The summed E-state index contributed by atoms with van der Waals surface area (Å²) >= 11 is 0. The minimum atomic E-state index is -4.52. The van der Waals surface area contributed by atoms with Crippen LogP contribution in [0.5, 0.6) is 11.5 Å². The molecule has 3 rings (SSSR count). The number of methoxy groups -OCH3 is 1. The number of benzene rings is 1. The Balaban J connectivity index is 1.82. The maximum atomic E-state index is 13.3. The molecule has 1 saturated heterocycles. The molecule has 0 unspecified atom stereocenters. The minimum Gasteiger partial charge on any atom is -0.504 e. The Morgan fingerprint density at radius 1 is 1.42 bits per heavy atom. The van der Waals surface area contributed by atoms with E-state index in [1.807, 2.05) is 0 Å². The second-order valence-corrected chi connectivity index (χ2v) is 5.91. The van der Waals surface area contributed by atoms with Crippen LogP contribution in [0, 0.1) is 0 Å². The smallest absolute Gasteiger partial charge is 0.418 e. The van der Waals surface area contributed by atoms with Gasteiger partial charge in [0, 0.05) is 25.6 Å². The molecular formula is C16H18F3N3O4. The van der Waals surface area contributed by atoms with Crippen LogP contribution in [0.15, 0.2) is 22.7 Å². The Bertz CT molecular complexity index is 780.